The molecule has 7 nitrogen and oxygen atoms in total. The van der Waals surface area contributed by atoms with E-state index < -0.39 is 0 Å². The van der Waals surface area contributed by atoms with Gasteiger partial charge in [-0.25, -0.2) is 0 Å². The Morgan fingerprint density at radius 2 is 2.26 bits per heavy atom. The molecule has 2 aliphatic heterocycles. The highest BCUT2D eigenvalue weighted by molar-refractivity contribution is 5.81. The van der Waals surface area contributed by atoms with Crippen molar-refractivity contribution in [3.8, 4) is 0 Å². The third kappa shape index (κ3) is 2.76. The number of rotatable bonds is 2. The summed E-state index contributed by atoms with van der Waals surface area (Å²) in [5, 5.41) is 7.06. The van der Waals surface area contributed by atoms with E-state index in [1.807, 2.05) is 4.90 Å². The molecular formula is C12H18N4O3. The fraction of sp³-hybridized carbons (Fsp3) is 0.750. The van der Waals surface area contributed by atoms with E-state index in [1.165, 1.54) is 6.39 Å². The zero-order chi connectivity index (χ0) is 13.1. The molecule has 1 amide bonds. The summed E-state index contributed by atoms with van der Waals surface area (Å²) in [6, 6.07) is 0. The summed E-state index contributed by atoms with van der Waals surface area (Å²) < 4.78 is 10.3. The number of carbonyl (C=O) groups excluding carboxylic acids is 1. The van der Waals surface area contributed by atoms with Crippen molar-refractivity contribution in [3.63, 3.8) is 0 Å². The molecule has 2 fully saturated rings. The van der Waals surface area contributed by atoms with E-state index >= 15 is 0 Å². The van der Waals surface area contributed by atoms with Gasteiger partial charge in [0.05, 0.1) is 6.61 Å². The Hall–Kier alpha value is -1.47. The van der Waals surface area contributed by atoms with E-state index in [-0.39, 0.29) is 12.0 Å². The predicted octanol–water partition coefficient (Wildman–Crippen LogP) is -0.236. The molecule has 0 bridgehead atoms. The van der Waals surface area contributed by atoms with Crippen LogP contribution in [0, 0.1) is 0 Å². The zero-order valence-corrected chi connectivity index (χ0v) is 10.7. The van der Waals surface area contributed by atoms with Crippen LogP contribution in [-0.2, 0) is 9.53 Å². The topological polar surface area (TPSA) is 80.5 Å². The van der Waals surface area contributed by atoms with E-state index in [1.54, 1.807) is 0 Å². The first-order chi connectivity index (χ1) is 9.34. The first-order valence-corrected chi connectivity index (χ1v) is 6.72. The predicted molar refractivity (Wildman–Crippen MR) is 65.5 cm³/mol. The minimum Gasteiger partial charge on any atom is -0.366 e. The van der Waals surface area contributed by atoms with Gasteiger partial charge in [-0.2, -0.15) is 4.98 Å². The van der Waals surface area contributed by atoms with E-state index in [4.69, 9.17) is 9.26 Å². The van der Waals surface area contributed by atoms with Crippen LogP contribution >= 0.6 is 0 Å². The van der Waals surface area contributed by atoms with E-state index in [0.717, 1.165) is 38.3 Å². The van der Waals surface area contributed by atoms with Crippen LogP contribution < -0.4 is 5.32 Å². The van der Waals surface area contributed by atoms with Gasteiger partial charge in [0.2, 0.25) is 6.39 Å². The lowest BCUT2D eigenvalue weighted by Gasteiger charge is -2.34. The van der Waals surface area contributed by atoms with Crippen molar-refractivity contribution in [2.24, 2.45) is 0 Å². The van der Waals surface area contributed by atoms with Crippen LogP contribution in [0.3, 0.4) is 0 Å². The second kappa shape index (κ2) is 5.66. The molecule has 3 rings (SSSR count). The molecule has 0 spiro atoms. The number of aromatic nitrogens is 2. The van der Waals surface area contributed by atoms with Crippen molar-refractivity contribution in [1.82, 2.24) is 20.4 Å². The van der Waals surface area contributed by atoms with Gasteiger partial charge in [-0.05, 0) is 12.8 Å². The standard InChI is InChI=1S/C12H18N4O3/c17-12(10-7-13-3-6-18-10)16-4-1-9(2-5-16)11-14-8-19-15-11/h8-10,13H,1-7H2/t10-/m0/s1. The highest BCUT2D eigenvalue weighted by Gasteiger charge is 2.31. The van der Waals surface area contributed by atoms with Gasteiger partial charge in [-0.1, -0.05) is 5.16 Å². The van der Waals surface area contributed by atoms with Crippen LogP contribution in [-0.4, -0.2) is 59.8 Å². The molecule has 0 radical (unpaired) electrons. The van der Waals surface area contributed by atoms with Crippen molar-refractivity contribution in [1.29, 1.82) is 0 Å². The Kier molecular flexibility index (Phi) is 3.74. The average Bonchev–Trinajstić information content (AvgIpc) is 3.02. The van der Waals surface area contributed by atoms with Crippen LogP contribution in [0.1, 0.15) is 24.6 Å². The Balaban J connectivity index is 1.53. The molecule has 0 aliphatic carbocycles. The monoisotopic (exact) mass is 266 g/mol. The molecule has 3 heterocycles. The van der Waals surface area contributed by atoms with Crippen molar-refractivity contribution >= 4 is 5.91 Å². The maximum Gasteiger partial charge on any atom is 0.253 e. The first kappa shape index (κ1) is 12.6. The molecule has 104 valence electrons. The second-order valence-corrected chi connectivity index (χ2v) is 4.95. The van der Waals surface area contributed by atoms with Crippen LogP contribution in [0.2, 0.25) is 0 Å². The molecule has 1 aromatic heterocycles. The van der Waals surface area contributed by atoms with E-state index in [9.17, 15) is 4.79 Å². The lowest BCUT2D eigenvalue weighted by atomic mass is 9.96. The number of likely N-dealkylation sites (tertiary alicyclic amines) is 1. The summed E-state index contributed by atoms with van der Waals surface area (Å²) in [5.74, 6) is 1.15. The molecule has 7 heteroatoms. The quantitative estimate of drug-likeness (QED) is 0.796. The zero-order valence-electron chi connectivity index (χ0n) is 10.7. The van der Waals surface area contributed by atoms with Crippen LogP contribution in [0.4, 0.5) is 0 Å². The maximum absolute atomic E-state index is 12.3. The third-order valence-electron chi connectivity index (χ3n) is 3.75. The molecule has 1 atom stereocenters. The number of carbonyl (C=O) groups is 1. The summed E-state index contributed by atoms with van der Waals surface area (Å²) in [6.07, 6.45) is 2.79. The van der Waals surface area contributed by atoms with Gasteiger partial charge in [-0.3, -0.25) is 4.79 Å². The lowest BCUT2D eigenvalue weighted by molar-refractivity contribution is -0.146. The largest absolute Gasteiger partial charge is 0.366 e. The van der Waals surface area contributed by atoms with Gasteiger partial charge >= 0.3 is 0 Å². The molecule has 1 N–H and O–H groups in total. The fourth-order valence-corrected chi connectivity index (χ4v) is 2.64. The summed E-state index contributed by atoms with van der Waals surface area (Å²) in [5.41, 5.74) is 0. The van der Waals surface area contributed by atoms with Gasteiger partial charge in [0, 0.05) is 32.1 Å². The Morgan fingerprint density at radius 3 is 2.89 bits per heavy atom. The number of amides is 1. The highest BCUT2D eigenvalue weighted by Crippen LogP contribution is 2.25. The number of hydrogen-bond acceptors (Lipinski definition) is 6. The first-order valence-electron chi connectivity index (χ1n) is 6.72. The lowest BCUT2D eigenvalue weighted by Crippen LogP contribution is -2.51. The highest BCUT2D eigenvalue weighted by atomic mass is 16.5. The summed E-state index contributed by atoms with van der Waals surface area (Å²) in [6.45, 7) is 3.51. The van der Waals surface area contributed by atoms with E-state index in [0.29, 0.717) is 19.1 Å². The van der Waals surface area contributed by atoms with Crippen LogP contribution in [0.25, 0.3) is 0 Å². The number of hydrogen-bond donors (Lipinski definition) is 1. The van der Waals surface area contributed by atoms with Crippen LogP contribution in [0.5, 0.6) is 0 Å². The summed E-state index contributed by atoms with van der Waals surface area (Å²) >= 11 is 0. The maximum atomic E-state index is 12.3. The molecule has 2 aliphatic rings. The van der Waals surface area contributed by atoms with E-state index in [2.05, 4.69) is 15.5 Å². The van der Waals surface area contributed by atoms with Crippen molar-refractivity contribution in [2.45, 2.75) is 24.9 Å². The molecule has 0 saturated carbocycles. The molecular weight excluding hydrogens is 248 g/mol. The molecule has 0 unspecified atom stereocenters. The number of morpholine rings is 1. The summed E-state index contributed by atoms with van der Waals surface area (Å²) in [7, 11) is 0. The van der Waals surface area contributed by atoms with Gasteiger partial charge in [0.1, 0.15) is 6.10 Å². The van der Waals surface area contributed by atoms with Gasteiger partial charge < -0.3 is 19.5 Å². The second-order valence-electron chi connectivity index (χ2n) is 4.95. The normalized spacial score (nSPS) is 25.5. The summed E-state index contributed by atoms with van der Waals surface area (Å²) in [4.78, 5) is 18.2. The van der Waals surface area contributed by atoms with Crippen LogP contribution in [0.15, 0.2) is 10.9 Å². The van der Waals surface area contributed by atoms with Crippen molar-refractivity contribution < 1.29 is 14.1 Å². The smallest absolute Gasteiger partial charge is 0.253 e. The van der Waals surface area contributed by atoms with Gasteiger partial charge in [0.25, 0.3) is 5.91 Å². The Bertz CT molecular complexity index is 409. The Morgan fingerprint density at radius 1 is 1.42 bits per heavy atom. The molecule has 2 saturated heterocycles. The SMILES string of the molecule is O=C([C@@H]1CNCCO1)N1CCC(c2ncon2)CC1. The number of nitrogens with zero attached hydrogens (tertiary/aromatic N) is 3. The number of nitrogens with one attached hydrogen (secondary N) is 1. The van der Waals surface area contributed by atoms with Gasteiger partial charge in [0.15, 0.2) is 5.82 Å². The molecule has 19 heavy (non-hydrogen) atoms. The molecule has 1 aromatic rings. The fourth-order valence-electron chi connectivity index (χ4n) is 2.64. The minimum atomic E-state index is -0.324. The average molecular weight is 266 g/mol. The van der Waals surface area contributed by atoms with Crippen molar-refractivity contribution in [3.05, 3.63) is 12.2 Å². The molecule has 0 aromatic carbocycles. The van der Waals surface area contributed by atoms with Gasteiger partial charge in [-0.15, -0.1) is 0 Å². The third-order valence-corrected chi connectivity index (χ3v) is 3.75. The Labute approximate surface area is 111 Å². The minimum absolute atomic E-state index is 0.0961. The van der Waals surface area contributed by atoms with Crippen molar-refractivity contribution in [2.75, 3.05) is 32.8 Å². The number of piperidine rings is 1. The number of ether oxygens (including phenoxy) is 1.